The van der Waals surface area contributed by atoms with Gasteiger partial charge in [0.2, 0.25) is 0 Å². The van der Waals surface area contributed by atoms with E-state index in [9.17, 15) is 10.1 Å². The van der Waals surface area contributed by atoms with Crippen LogP contribution < -0.4 is 4.74 Å². The number of nitrogens with zero attached hydrogens (tertiary/aromatic N) is 2. The maximum absolute atomic E-state index is 10.6. The minimum Gasteiger partial charge on any atom is -0.470 e. The van der Waals surface area contributed by atoms with Crippen LogP contribution in [-0.2, 0) is 0 Å². The lowest BCUT2D eigenvalue weighted by atomic mass is 10.4. The molecule has 1 rings (SSSR count). The Morgan fingerprint density at radius 2 is 2.29 bits per heavy atom. The van der Waals surface area contributed by atoms with E-state index in [1.807, 2.05) is 0 Å². The van der Waals surface area contributed by atoms with Crippen LogP contribution in [0.5, 0.6) is 5.88 Å². The van der Waals surface area contributed by atoms with Gasteiger partial charge in [-0.3, -0.25) is 10.1 Å². The molecule has 0 radical (unpaired) electrons. The first kappa shape index (κ1) is 10.7. The molecule has 0 saturated carbocycles. The molecule has 0 fully saturated rings. The van der Waals surface area contributed by atoms with E-state index in [-0.39, 0.29) is 22.7 Å². The molecule has 0 atom stereocenters. The maximum atomic E-state index is 10.6. The normalized spacial score (nSPS) is 10.3. The van der Waals surface area contributed by atoms with Crippen molar-refractivity contribution in [2.75, 3.05) is 0 Å². The lowest BCUT2D eigenvalue weighted by Crippen LogP contribution is -2.08. The van der Waals surface area contributed by atoms with Crippen LogP contribution in [0.25, 0.3) is 0 Å². The Morgan fingerprint density at radius 1 is 1.64 bits per heavy atom. The van der Waals surface area contributed by atoms with Gasteiger partial charge < -0.3 is 4.74 Å². The molecule has 76 valence electrons. The Hall–Kier alpha value is -1.36. The average molecular weight is 217 g/mol. The van der Waals surface area contributed by atoms with E-state index in [0.29, 0.717) is 0 Å². The van der Waals surface area contributed by atoms with Crippen molar-refractivity contribution in [3.8, 4) is 5.88 Å². The summed E-state index contributed by atoms with van der Waals surface area (Å²) < 4.78 is 5.15. The third-order valence-corrected chi connectivity index (χ3v) is 1.68. The Morgan fingerprint density at radius 3 is 2.79 bits per heavy atom. The molecular weight excluding hydrogens is 208 g/mol. The molecule has 0 amide bonds. The number of halogens is 1. The summed E-state index contributed by atoms with van der Waals surface area (Å²) in [6, 6.07) is 1.35. The van der Waals surface area contributed by atoms with E-state index in [0.717, 1.165) is 0 Å². The first-order chi connectivity index (χ1) is 6.52. The van der Waals surface area contributed by atoms with Gasteiger partial charge in [-0.1, -0.05) is 11.6 Å². The smallest absolute Gasteiger partial charge is 0.349 e. The second kappa shape index (κ2) is 4.23. The second-order valence-corrected chi connectivity index (χ2v) is 3.28. The van der Waals surface area contributed by atoms with Gasteiger partial charge in [0.05, 0.1) is 11.0 Å². The quantitative estimate of drug-likeness (QED) is 0.575. The van der Waals surface area contributed by atoms with Crippen LogP contribution in [0.15, 0.2) is 12.3 Å². The number of ether oxygens (including phenoxy) is 1. The molecular formula is C8H9ClN2O3. The molecule has 0 spiro atoms. The predicted molar refractivity (Wildman–Crippen MR) is 51.7 cm³/mol. The van der Waals surface area contributed by atoms with E-state index in [4.69, 9.17) is 16.3 Å². The molecule has 6 heteroatoms. The van der Waals surface area contributed by atoms with Crippen LogP contribution in [0.1, 0.15) is 13.8 Å². The lowest BCUT2D eigenvalue weighted by molar-refractivity contribution is -0.386. The third-order valence-electron chi connectivity index (χ3n) is 1.37. The average Bonchev–Trinajstić information content (AvgIpc) is 2.01. The molecule has 1 heterocycles. The number of rotatable bonds is 3. The fraction of sp³-hybridized carbons (Fsp3) is 0.375. The van der Waals surface area contributed by atoms with Gasteiger partial charge in [-0.05, 0) is 19.9 Å². The van der Waals surface area contributed by atoms with Gasteiger partial charge in [-0.15, -0.1) is 0 Å². The van der Waals surface area contributed by atoms with Crippen LogP contribution in [0.4, 0.5) is 5.69 Å². The van der Waals surface area contributed by atoms with Crippen molar-refractivity contribution in [2.45, 2.75) is 20.0 Å². The van der Waals surface area contributed by atoms with Crippen molar-refractivity contribution in [1.29, 1.82) is 0 Å². The van der Waals surface area contributed by atoms with Gasteiger partial charge in [0, 0.05) is 6.20 Å². The summed E-state index contributed by atoms with van der Waals surface area (Å²) >= 11 is 5.65. The minimum absolute atomic E-state index is 0.0284. The van der Waals surface area contributed by atoms with Crippen LogP contribution >= 0.6 is 11.6 Å². The summed E-state index contributed by atoms with van der Waals surface area (Å²) in [5.41, 5.74) is -0.289. The van der Waals surface area contributed by atoms with E-state index in [1.54, 1.807) is 13.8 Å². The zero-order valence-corrected chi connectivity index (χ0v) is 8.49. The van der Waals surface area contributed by atoms with Crippen LogP contribution in [0.3, 0.4) is 0 Å². The van der Waals surface area contributed by atoms with Crippen LogP contribution in [-0.4, -0.2) is 16.0 Å². The highest BCUT2D eigenvalue weighted by Crippen LogP contribution is 2.32. The SMILES string of the molecule is CC(C)Oc1nccc(Cl)c1[N+](=O)[O-]. The molecule has 0 bridgehead atoms. The largest absolute Gasteiger partial charge is 0.470 e. The van der Waals surface area contributed by atoms with E-state index >= 15 is 0 Å². The summed E-state index contributed by atoms with van der Waals surface area (Å²) in [6.45, 7) is 3.51. The zero-order valence-electron chi connectivity index (χ0n) is 7.73. The van der Waals surface area contributed by atoms with Crippen LogP contribution in [0, 0.1) is 10.1 Å². The Bertz CT molecular complexity index is 354. The fourth-order valence-corrected chi connectivity index (χ4v) is 1.09. The van der Waals surface area contributed by atoms with Crippen molar-refractivity contribution in [1.82, 2.24) is 4.98 Å². The molecule has 0 aliphatic rings. The maximum Gasteiger partial charge on any atom is 0.349 e. The Labute approximate surface area is 85.8 Å². The molecule has 0 aromatic carbocycles. The van der Waals surface area contributed by atoms with E-state index < -0.39 is 4.92 Å². The summed E-state index contributed by atoms with van der Waals surface area (Å²) in [4.78, 5) is 13.8. The molecule has 0 aliphatic heterocycles. The van der Waals surface area contributed by atoms with Gasteiger partial charge in [0.1, 0.15) is 5.02 Å². The number of aromatic nitrogens is 1. The molecule has 1 aromatic heterocycles. The number of hydrogen-bond acceptors (Lipinski definition) is 4. The first-order valence-corrected chi connectivity index (χ1v) is 4.35. The molecule has 0 saturated heterocycles. The summed E-state index contributed by atoms with van der Waals surface area (Å²) in [5, 5.41) is 10.7. The molecule has 0 unspecified atom stereocenters. The highest BCUT2D eigenvalue weighted by Gasteiger charge is 2.21. The summed E-state index contributed by atoms with van der Waals surface area (Å²) in [5.74, 6) is -0.0440. The number of pyridine rings is 1. The summed E-state index contributed by atoms with van der Waals surface area (Å²) in [7, 11) is 0. The molecule has 14 heavy (non-hydrogen) atoms. The zero-order chi connectivity index (χ0) is 10.7. The van der Waals surface area contributed by atoms with Gasteiger partial charge in [-0.25, -0.2) is 4.98 Å². The van der Waals surface area contributed by atoms with E-state index in [2.05, 4.69) is 4.98 Å². The van der Waals surface area contributed by atoms with Crippen molar-refractivity contribution in [3.05, 3.63) is 27.4 Å². The van der Waals surface area contributed by atoms with Crippen molar-refractivity contribution >= 4 is 17.3 Å². The van der Waals surface area contributed by atoms with Gasteiger partial charge >= 0.3 is 5.69 Å². The lowest BCUT2D eigenvalue weighted by Gasteiger charge is -2.08. The molecule has 0 N–H and O–H groups in total. The number of nitro groups is 1. The first-order valence-electron chi connectivity index (χ1n) is 3.98. The Balaban J connectivity index is 3.14. The molecule has 5 nitrogen and oxygen atoms in total. The van der Waals surface area contributed by atoms with E-state index in [1.165, 1.54) is 12.3 Å². The van der Waals surface area contributed by atoms with Gasteiger partial charge in [0.15, 0.2) is 0 Å². The predicted octanol–water partition coefficient (Wildman–Crippen LogP) is 2.43. The van der Waals surface area contributed by atoms with Gasteiger partial charge in [-0.2, -0.15) is 0 Å². The summed E-state index contributed by atoms with van der Waals surface area (Å²) in [6.07, 6.45) is 1.19. The number of hydrogen-bond donors (Lipinski definition) is 0. The fourth-order valence-electron chi connectivity index (χ4n) is 0.887. The Kier molecular flexibility index (Phi) is 3.24. The third kappa shape index (κ3) is 2.32. The van der Waals surface area contributed by atoms with Gasteiger partial charge in [0.25, 0.3) is 5.88 Å². The second-order valence-electron chi connectivity index (χ2n) is 2.87. The standard InChI is InChI=1S/C8H9ClN2O3/c1-5(2)14-8-7(11(12)13)6(9)3-4-10-8/h3-5H,1-2H3. The van der Waals surface area contributed by atoms with Crippen LogP contribution in [0.2, 0.25) is 5.02 Å². The monoisotopic (exact) mass is 216 g/mol. The van der Waals surface area contributed by atoms with Crippen molar-refractivity contribution in [3.63, 3.8) is 0 Å². The molecule has 0 aliphatic carbocycles. The van der Waals surface area contributed by atoms with Crippen molar-refractivity contribution < 1.29 is 9.66 Å². The highest BCUT2D eigenvalue weighted by molar-refractivity contribution is 6.32. The molecule has 1 aromatic rings. The minimum atomic E-state index is -0.604. The highest BCUT2D eigenvalue weighted by atomic mass is 35.5. The van der Waals surface area contributed by atoms with Crippen molar-refractivity contribution in [2.24, 2.45) is 0 Å². The topological polar surface area (TPSA) is 65.3 Å².